The quantitative estimate of drug-likeness (QED) is 0.596. The van der Waals surface area contributed by atoms with Crippen LogP contribution in [-0.2, 0) is 7.05 Å². The predicted octanol–water partition coefficient (Wildman–Crippen LogP) is 2.29. The van der Waals surface area contributed by atoms with Crippen molar-refractivity contribution in [2.45, 2.75) is 0 Å². The summed E-state index contributed by atoms with van der Waals surface area (Å²) in [6.07, 6.45) is 1.79. The molecule has 0 bridgehead atoms. The molecule has 0 spiro atoms. The Bertz CT molecular complexity index is 363. The summed E-state index contributed by atoms with van der Waals surface area (Å²) in [4.78, 5) is 5.26. The number of aromatic nitrogens is 2. The lowest BCUT2D eigenvalue weighted by atomic mass is 10.6. The molecule has 2 heterocycles. The van der Waals surface area contributed by atoms with Gasteiger partial charge in [-0.15, -0.1) is 11.3 Å². The zero-order valence-corrected chi connectivity index (χ0v) is 6.91. The second kappa shape index (κ2) is 1.97. The van der Waals surface area contributed by atoms with Crippen LogP contribution in [0.4, 0.5) is 0 Å². The van der Waals surface area contributed by atoms with E-state index in [1.54, 1.807) is 17.7 Å². The molecule has 0 fully saturated rings. The number of imidazole rings is 1. The lowest BCUT2D eigenvalue weighted by Gasteiger charge is -1.84. The average Bonchev–Trinajstić information content (AvgIpc) is 2.35. The first kappa shape index (κ1) is 6.19. The smallest absolute Gasteiger partial charge is 0.123 e. The molecule has 0 aromatic carbocycles. The average molecular weight is 173 g/mol. The van der Waals surface area contributed by atoms with E-state index in [1.807, 2.05) is 17.7 Å². The van der Waals surface area contributed by atoms with Gasteiger partial charge in [0.2, 0.25) is 0 Å². The van der Waals surface area contributed by atoms with Crippen molar-refractivity contribution < 1.29 is 0 Å². The van der Waals surface area contributed by atoms with Crippen LogP contribution in [0.2, 0.25) is 4.34 Å². The van der Waals surface area contributed by atoms with Gasteiger partial charge < -0.3 is 4.57 Å². The van der Waals surface area contributed by atoms with E-state index in [4.69, 9.17) is 11.6 Å². The Labute approximate surface area is 67.1 Å². The number of hydrogen-bond donors (Lipinski definition) is 0. The molecule has 0 saturated heterocycles. The van der Waals surface area contributed by atoms with E-state index < -0.39 is 0 Å². The minimum absolute atomic E-state index is 0.800. The molecule has 2 aromatic heterocycles. The van der Waals surface area contributed by atoms with Gasteiger partial charge in [-0.05, 0) is 6.07 Å². The van der Waals surface area contributed by atoms with Gasteiger partial charge in [0, 0.05) is 7.05 Å². The molecule has 0 radical (unpaired) electrons. The van der Waals surface area contributed by atoms with Gasteiger partial charge in [0.25, 0.3) is 0 Å². The number of fused-ring (bicyclic) bond motifs is 1. The van der Waals surface area contributed by atoms with Gasteiger partial charge in [0.1, 0.15) is 10.3 Å². The molecule has 4 heteroatoms. The fraction of sp³-hybridized carbons (Fsp3) is 0.167. The van der Waals surface area contributed by atoms with E-state index in [2.05, 4.69) is 4.98 Å². The van der Waals surface area contributed by atoms with Gasteiger partial charge in [0.15, 0.2) is 0 Å². The highest BCUT2D eigenvalue weighted by atomic mass is 35.5. The summed E-state index contributed by atoms with van der Waals surface area (Å²) in [6.45, 7) is 0. The zero-order chi connectivity index (χ0) is 7.14. The highest BCUT2D eigenvalue weighted by Crippen LogP contribution is 2.27. The van der Waals surface area contributed by atoms with Crippen LogP contribution in [0.3, 0.4) is 0 Å². The van der Waals surface area contributed by atoms with E-state index in [-0.39, 0.29) is 0 Å². The van der Waals surface area contributed by atoms with Crippen LogP contribution in [0.5, 0.6) is 0 Å². The van der Waals surface area contributed by atoms with Crippen molar-refractivity contribution in [3.63, 3.8) is 0 Å². The van der Waals surface area contributed by atoms with Gasteiger partial charge in [0.05, 0.1) is 10.7 Å². The third kappa shape index (κ3) is 0.744. The molecule has 2 nitrogen and oxygen atoms in total. The third-order valence-corrected chi connectivity index (χ3v) is 2.70. The summed E-state index contributed by atoms with van der Waals surface area (Å²) < 4.78 is 2.76. The Balaban J connectivity index is 2.90. The summed E-state index contributed by atoms with van der Waals surface area (Å²) in [6, 6.07) is 1.88. The fourth-order valence-electron chi connectivity index (χ4n) is 0.890. The van der Waals surface area contributed by atoms with Gasteiger partial charge >= 0.3 is 0 Å². The molecule has 0 unspecified atom stereocenters. The van der Waals surface area contributed by atoms with Crippen molar-refractivity contribution in [2.24, 2.45) is 7.05 Å². The van der Waals surface area contributed by atoms with Gasteiger partial charge in [-0.2, -0.15) is 0 Å². The highest BCUT2D eigenvalue weighted by molar-refractivity contribution is 7.22. The second-order valence-electron chi connectivity index (χ2n) is 2.10. The third-order valence-electron chi connectivity index (χ3n) is 1.35. The summed E-state index contributed by atoms with van der Waals surface area (Å²) in [5.74, 6) is 0. The van der Waals surface area contributed by atoms with Crippen LogP contribution < -0.4 is 0 Å². The molecule has 0 amide bonds. The number of aryl methyl sites for hydroxylation is 1. The van der Waals surface area contributed by atoms with E-state index in [1.165, 1.54) is 0 Å². The van der Waals surface area contributed by atoms with Crippen molar-refractivity contribution in [1.82, 2.24) is 9.55 Å². The van der Waals surface area contributed by atoms with Crippen molar-refractivity contribution in [3.8, 4) is 0 Å². The Morgan fingerprint density at radius 3 is 3.20 bits per heavy atom. The highest BCUT2D eigenvalue weighted by Gasteiger charge is 2.02. The summed E-state index contributed by atoms with van der Waals surface area (Å²) in [5.41, 5.74) is 0.984. The number of nitrogens with zero attached hydrogens (tertiary/aromatic N) is 2. The largest absolute Gasteiger partial charge is 0.325 e. The first-order chi connectivity index (χ1) is 4.77. The standard InChI is InChI=1S/C6H5ClN2S/c1-9-3-8-4-2-5(7)10-6(4)9/h2-3H,1H3. The summed E-state index contributed by atoms with van der Waals surface area (Å²) in [7, 11) is 1.96. The van der Waals surface area contributed by atoms with Crippen LogP contribution in [0.1, 0.15) is 0 Å². The molecular weight excluding hydrogens is 168 g/mol. The molecule has 0 aliphatic carbocycles. The van der Waals surface area contributed by atoms with Crippen LogP contribution in [0.15, 0.2) is 12.4 Å². The molecule has 0 aliphatic rings. The van der Waals surface area contributed by atoms with E-state index in [9.17, 15) is 0 Å². The molecule has 0 N–H and O–H groups in total. The molecule has 0 saturated carbocycles. The maximum absolute atomic E-state index is 5.76. The topological polar surface area (TPSA) is 17.8 Å². The Morgan fingerprint density at radius 1 is 1.70 bits per heavy atom. The maximum atomic E-state index is 5.76. The van der Waals surface area contributed by atoms with Gasteiger partial charge in [-0.1, -0.05) is 11.6 Å². The van der Waals surface area contributed by atoms with Crippen LogP contribution in [-0.4, -0.2) is 9.55 Å². The predicted molar refractivity (Wildman–Crippen MR) is 43.6 cm³/mol. The van der Waals surface area contributed by atoms with E-state index >= 15 is 0 Å². The van der Waals surface area contributed by atoms with Gasteiger partial charge in [-0.3, -0.25) is 0 Å². The Kier molecular flexibility index (Phi) is 1.22. The fourth-order valence-corrected chi connectivity index (χ4v) is 1.97. The normalized spacial score (nSPS) is 11.0. The summed E-state index contributed by atoms with van der Waals surface area (Å²) >= 11 is 7.31. The molecule has 52 valence electrons. The Hall–Kier alpha value is -0.540. The number of hydrogen-bond acceptors (Lipinski definition) is 2. The first-order valence-electron chi connectivity index (χ1n) is 2.84. The van der Waals surface area contributed by atoms with E-state index in [0.29, 0.717) is 0 Å². The molecule has 10 heavy (non-hydrogen) atoms. The number of rotatable bonds is 0. The molecular formula is C6H5ClN2S. The minimum atomic E-state index is 0.800. The minimum Gasteiger partial charge on any atom is -0.325 e. The maximum Gasteiger partial charge on any atom is 0.123 e. The number of halogens is 1. The molecule has 2 aromatic rings. The van der Waals surface area contributed by atoms with Crippen molar-refractivity contribution in [2.75, 3.05) is 0 Å². The lowest BCUT2D eigenvalue weighted by Crippen LogP contribution is -1.78. The Morgan fingerprint density at radius 2 is 2.50 bits per heavy atom. The second-order valence-corrected chi connectivity index (χ2v) is 3.76. The van der Waals surface area contributed by atoms with Gasteiger partial charge in [-0.25, -0.2) is 4.98 Å². The first-order valence-corrected chi connectivity index (χ1v) is 4.03. The number of thiophene rings is 1. The lowest BCUT2D eigenvalue weighted by molar-refractivity contribution is 0.954. The zero-order valence-electron chi connectivity index (χ0n) is 5.34. The van der Waals surface area contributed by atoms with Crippen LogP contribution in [0.25, 0.3) is 10.3 Å². The van der Waals surface area contributed by atoms with Crippen LogP contribution >= 0.6 is 22.9 Å². The molecule has 0 aliphatic heterocycles. The van der Waals surface area contributed by atoms with Crippen molar-refractivity contribution in [1.29, 1.82) is 0 Å². The van der Waals surface area contributed by atoms with E-state index in [0.717, 1.165) is 14.7 Å². The monoisotopic (exact) mass is 172 g/mol. The van der Waals surface area contributed by atoms with Crippen molar-refractivity contribution >= 4 is 33.3 Å². The van der Waals surface area contributed by atoms with Crippen molar-refractivity contribution in [3.05, 3.63) is 16.7 Å². The summed E-state index contributed by atoms with van der Waals surface area (Å²) in [5, 5.41) is 0. The molecule has 2 rings (SSSR count). The SMILES string of the molecule is Cn1cnc2cc(Cl)sc21. The molecule has 0 atom stereocenters. The van der Waals surface area contributed by atoms with Crippen LogP contribution in [0, 0.1) is 0 Å².